The van der Waals surface area contributed by atoms with Crippen molar-refractivity contribution in [2.75, 3.05) is 7.11 Å². The number of carboxylic acids is 1. The second-order valence-corrected chi connectivity index (χ2v) is 10.7. The molecule has 1 N–H and O–H groups in total. The molecule has 0 spiro atoms. The van der Waals surface area contributed by atoms with Gasteiger partial charge in [-0.15, -0.1) is 0 Å². The van der Waals surface area contributed by atoms with Crippen molar-refractivity contribution in [1.82, 2.24) is 9.13 Å². The zero-order chi connectivity index (χ0) is 31.3. The van der Waals surface area contributed by atoms with E-state index in [1.807, 2.05) is 6.07 Å². The zero-order valence-corrected chi connectivity index (χ0v) is 23.6. The Labute approximate surface area is 250 Å². The Kier molecular flexibility index (Phi) is 7.69. The van der Waals surface area contributed by atoms with Gasteiger partial charge in [-0.3, -0.25) is 9.59 Å². The van der Waals surface area contributed by atoms with Crippen molar-refractivity contribution < 1.29 is 28.2 Å². The van der Waals surface area contributed by atoms with Crippen molar-refractivity contribution in [1.29, 1.82) is 10.5 Å². The van der Waals surface area contributed by atoms with Gasteiger partial charge < -0.3 is 19.0 Å². The van der Waals surface area contributed by atoms with Gasteiger partial charge in [-0.2, -0.15) is 10.5 Å². The molecule has 2 aliphatic carbocycles. The number of aromatic carboxylic acids is 1. The standard InChI is InChI=1S/C15H10ClFN2O3.C14H8ClFN2O3/c1-22-15(21)10-6-19(7-2-3-7)13-8(14(10)20)4-11(17)12(16)9(13)5-18;15-11-8(4-17)12-7(3-10(11)16)13(19)9(14(20)21)5-18(12)6-1-2-6/h4,6-7H,2-3H2,1H3;3,5-6H,1-2H2,(H,20,21). The van der Waals surface area contributed by atoms with Crippen LogP contribution in [0.5, 0.6) is 0 Å². The average molecular weight is 627 g/mol. The number of fused-ring (bicyclic) bond motifs is 2. The van der Waals surface area contributed by atoms with E-state index >= 15 is 0 Å². The third-order valence-corrected chi connectivity index (χ3v) is 7.89. The molecule has 4 aromatic rings. The summed E-state index contributed by atoms with van der Waals surface area (Å²) in [6, 6.07) is 5.56. The van der Waals surface area contributed by atoms with Crippen molar-refractivity contribution in [3.8, 4) is 12.1 Å². The number of halogens is 4. The van der Waals surface area contributed by atoms with Gasteiger partial charge in [0, 0.05) is 24.5 Å². The molecular weight excluding hydrogens is 609 g/mol. The molecule has 2 aliphatic rings. The second-order valence-electron chi connectivity index (χ2n) is 9.93. The van der Waals surface area contributed by atoms with E-state index in [1.54, 1.807) is 15.2 Å². The number of aromatic nitrogens is 2. The van der Waals surface area contributed by atoms with Crippen LogP contribution >= 0.6 is 23.2 Å². The van der Waals surface area contributed by atoms with Gasteiger partial charge in [0.15, 0.2) is 0 Å². The largest absolute Gasteiger partial charge is 0.477 e. The number of hydrogen-bond donors (Lipinski definition) is 1. The molecule has 0 aliphatic heterocycles. The lowest BCUT2D eigenvalue weighted by Gasteiger charge is -2.14. The molecule has 6 rings (SSSR count). The summed E-state index contributed by atoms with van der Waals surface area (Å²) in [5.74, 6) is -3.96. The molecule has 0 bridgehead atoms. The summed E-state index contributed by atoms with van der Waals surface area (Å²) in [4.78, 5) is 47.5. The highest BCUT2D eigenvalue weighted by atomic mass is 35.5. The third-order valence-electron chi connectivity index (χ3n) is 7.16. The molecule has 0 saturated heterocycles. The van der Waals surface area contributed by atoms with E-state index in [2.05, 4.69) is 4.74 Å². The molecule has 0 atom stereocenters. The number of esters is 1. The first kappa shape index (κ1) is 29.7. The summed E-state index contributed by atoms with van der Waals surface area (Å²) < 4.78 is 35.5. The highest BCUT2D eigenvalue weighted by Gasteiger charge is 2.31. The van der Waals surface area contributed by atoms with Crippen LogP contribution in [0, 0.1) is 34.3 Å². The number of rotatable bonds is 4. The Morgan fingerprint density at radius 2 is 1.26 bits per heavy atom. The van der Waals surface area contributed by atoms with Crippen LogP contribution in [0.2, 0.25) is 10.0 Å². The summed E-state index contributed by atoms with van der Waals surface area (Å²) in [6.07, 6.45) is 5.87. The Bertz CT molecular complexity index is 2100. The van der Waals surface area contributed by atoms with Gasteiger partial charge in [0.25, 0.3) is 0 Å². The van der Waals surface area contributed by atoms with Crippen molar-refractivity contribution in [2.24, 2.45) is 0 Å². The van der Waals surface area contributed by atoms with E-state index in [9.17, 15) is 38.5 Å². The number of benzene rings is 2. The quantitative estimate of drug-likeness (QED) is 0.292. The molecule has 10 nitrogen and oxygen atoms in total. The Morgan fingerprint density at radius 3 is 1.60 bits per heavy atom. The number of nitrogens with zero attached hydrogens (tertiary/aromatic N) is 4. The third kappa shape index (κ3) is 5.09. The fraction of sp³-hybridized carbons (Fsp3) is 0.241. The van der Waals surface area contributed by atoms with Crippen LogP contribution in [-0.4, -0.2) is 33.3 Å². The summed E-state index contributed by atoms with van der Waals surface area (Å²) in [5.41, 5.74) is -1.92. The van der Waals surface area contributed by atoms with Crippen LogP contribution in [0.15, 0.2) is 34.1 Å². The number of carbonyl (C=O) groups excluding carboxylic acids is 1. The molecule has 2 saturated carbocycles. The molecule has 43 heavy (non-hydrogen) atoms. The van der Waals surface area contributed by atoms with E-state index in [0.29, 0.717) is 0 Å². The van der Waals surface area contributed by atoms with Gasteiger partial charge in [0.1, 0.15) is 34.9 Å². The lowest BCUT2D eigenvalue weighted by molar-refractivity contribution is 0.0597. The fourth-order valence-corrected chi connectivity index (χ4v) is 5.20. The van der Waals surface area contributed by atoms with Gasteiger partial charge in [-0.05, 0) is 37.8 Å². The predicted octanol–water partition coefficient (Wildman–Crippen LogP) is 5.49. The van der Waals surface area contributed by atoms with E-state index in [1.165, 1.54) is 12.4 Å². The van der Waals surface area contributed by atoms with Crippen molar-refractivity contribution in [3.63, 3.8) is 0 Å². The van der Waals surface area contributed by atoms with E-state index in [4.69, 9.17) is 28.3 Å². The summed E-state index contributed by atoms with van der Waals surface area (Å²) >= 11 is 11.6. The van der Waals surface area contributed by atoms with Crippen LogP contribution < -0.4 is 10.9 Å². The SMILES string of the molecule is COC(=O)c1cn(C2CC2)c2c(C#N)c(Cl)c(F)cc2c1=O.N#Cc1c(Cl)c(F)cc2c(=O)c(C(=O)O)cn(C3CC3)c12. The summed E-state index contributed by atoms with van der Waals surface area (Å²) in [5, 5.41) is 26.7. The van der Waals surface area contributed by atoms with Crippen molar-refractivity contribution in [3.05, 3.63) is 88.9 Å². The summed E-state index contributed by atoms with van der Waals surface area (Å²) in [7, 11) is 1.16. The van der Waals surface area contributed by atoms with Crippen molar-refractivity contribution in [2.45, 2.75) is 37.8 Å². The lowest BCUT2D eigenvalue weighted by Crippen LogP contribution is -2.20. The van der Waals surface area contributed by atoms with Crippen LogP contribution in [0.1, 0.15) is 69.6 Å². The topological polar surface area (TPSA) is 155 Å². The molecule has 14 heteroatoms. The van der Waals surface area contributed by atoms with Crippen LogP contribution in [0.3, 0.4) is 0 Å². The highest BCUT2D eigenvalue weighted by Crippen LogP contribution is 2.40. The van der Waals surface area contributed by atoms with Gasteiger partial charge in [-0.25, -0.2) is 18.4 Å². The maximum atomic E-state index is 13.9. The predicted molar refractivity (Wildman–Crippen MR) is 151 cm³/mol. The van der Waals surface area contributed by atoms with Gasteiger partial charge in [0.2, 0.25) is 10.9 Å². The number of methoxy groups -OCH3 is 1. The maximum absolute atomic E-state index is 13.9. The molecular formula is C29H18Cl2F2N4O6. The second kappa shape index (κ2) is 11.1. The van der Waals surface area contributed by atoms with Crippen LogP contribution in [-0.2, 0) is 4.74 Å². The fourth-order valence-electron chi connectivity index (χ4n) is 4.82. The minimum Gasteiger partial charge on any atom is -0.477 e. The van der Waals surface area contributed by atoms with Crippen LogP contribution in [0.4, 0.5) is 8.78 Å². The first-order chi connectivity index (χ1) is 20.4. The maximum Gasteiger partial charge on any atom is 0.343 e. The monoisotopic (exact) mass is 626 g/mol. The molecule has 2 aromatic carbocycles. The van der Waals surface area contributed by atoms with E-state index in [-0.39, 0.29) is 60.6 Å². The Morgan fingerprint density at radius 1 is 0.860 bits per heavy atom. The highest BCUT2D eigenvalue weighted by molar-refractivity contribution is 6.33. The molecule has 0 amide bonds. The van der Waals surface area contributed by atoms with E-state index < -0.39 is 40.0 Å². The lowest BCUT2D eigenvalue weighted by atomic mass is 10.1. The van der Waals surface area contributed by atoms with Crippen LogP contribution in [0.25, 0.3) is 21.8 Å². The molecule has 0 radical (unpaired) electrons. The minimum atomic E-state index is -1.38. The minimum absolute atomic E-state index is 0.000159. The van der Waals surface area contributed by atoms with E-state index in [0.717, 1.165) is 44.9 Å². The molecule has 2 aromatic heterocycles. The average Bonchev–Trinajstić information content (AvgIpc) is 3.90. The molecule has 2 heterocycles. The normalized spacial score (nSPS) is 14.0. The molecule has 218 valence electrons. The number of nitriles is 2. The number of pyridine rings is 2. The first-order valence-corrected chi connectivity index (χ1v) is 13.5. The van der Waals surface area contributed by atoms with Crippen molar-refractivity contribution >= 4 is 56.9 Å². The summed E-state index contributed by atoms with van der Waals surface area (Å²) in [6.45, 7) is 0. The number of carbonyl (C=O) groups is 2. The smallest absolute Gasteiger partial charge is 0.343 e. The first-order valence-electron chi connectivity index (χ1n) is 12.7. The molecule has 0 unspecified atom stereocenters. The zero-order valence-electron chi connectivity index (χ0n) is 22.1. The van der Waals surface area contributed by atoms with Gasteiger partial charge >= 0.3 is 11.9 Å². The van der Waals surface area contributed by atoms with Gasteiger partial charge in [0.05, 0.1) is 50.1 Å². The number of ether oxygens (including phenoxy) is 1. The number of hydrogen-bond acceptors (Lipinski definition) is 7. The number of carboxylic acid groups (broad SMARTS) is 1. The Hall–Kier alpha value is -4.78. The Balaban J connectivity index is 0.000000171. The van der Waals surface area contributed by atoms with Gasteiger partial charge in [-0.1, -0.05) is 23.2 Å². The molecule has 2 fully saturated rings.